The fourth-order valence-electron chi connectivity index (χ4n) is 3.10. The zero-order valence-corrected chi connectivity index (χ0v) is 13.3. The van der Waals surface area contributed by atoms with Gasteiger partial charge in [-0.3, -0.25) is 9.36 Å². The van der Waals surface area contributed by atoms with E-state index in [1.807, 2.05) is 17.9 Å². The number of imidazole rings is 1. The fourth-order valence-corrected chi connectivity index (χ4v) is 3.10. The Bertz CT molecular complexity index is 856. The average molecular weight is 323 g/mol. The molecule has 7 nitrogen and oxygen atoms in total. The molecule has 1 fully saturated rings. The highest BCUT2D eigenvalue weighted by Gasteiger charge is 2.33. The smallest absolute Gasteiger partial charge is 0.254 e. The normalized spacial score (nSPS) is 17.4. The molecule has 0 radical (unpaired) electrons. The van der Waals surface area contributed by atoms with Crippen LogP contribution in [0.1, 0.15) is 40.7 Å². The Morgan fingerprint density at radius 1 is 1.33 bits per heavy atom. The molecule has 0 bridgehead atoms. The van der Waals surface area contributed by atoms with Gasteiger partial charge in [-0.1, -0.05) is 5.16 Å². The number of carbonyl (C=O) groups excluding carboxylic acids is 1. The lowest BCUT2D eigenvalue weighted by Gasteiger charge is -2.22. The van der Waals surface area contributed by atoms with Gasteiger partial charge in [0, 0.05) is 36.8 Å². The summed E-state index contributed by atoms with van der Waals surface area (Å²) in [6.07, 6.45) is 8.62. The van der Waals surface area contributed by atoms with E-state index in [1.165, 1.54) is 0 Å². The molecule has 7 heteroatoms. The number of pyridine rings is 1. The molecule has 0 aliphatic carbocycles. The first-order chi connectivity index (χ1) is 11.7. The van der Waals surface area contributed by atoms with Gasteiger partial charge in [0.1, 0.15) is 12.1 Å². The average Bonchev–Trinajstić information content (AvgIpc) is 3.35. The molecule has 0 unspecified atom stereocenters. The van der Waals surface area contributed by atoms with Crippen molar-refractivity contribution in [1.29, 1.82) is 0 Å². The molecule has 3 aromatic rings. The van der Waals surface area contributed by atoms with Crippen molar-refractivity contribution in [1.82, 2.24) is 24.6 Å². The van der Waals surface area contributed by atoms with E-state index in [0.29, 0.717) is 17.9 Å². The number of carbonyl (C=O) groups is 1. The van der Waals surface area contributed by atoms with Crippen molar-refractivity contribution in [2.75, 3.05) is 6.54 Å². The molecule has 3 aromatic heterocycles. The first-order valence-corrected chi connectivity index (χ1v) is 7.91. The third-order valence-electron chi connectivity index (χ3n) is 4.25. The minimum atomic E-state index is -0.0523. The summed E-state index contributed by atoms with van der Waals surface area (Å²) in [6, 6.07) is 5.37. The first-order valence-electron chi connectivity index (χ1n) is 7.91. The summed E-state index contributed by atoms with van der Waals surface area (Å²) in [5.41, 5.74) is 1.44. The van der Waals surface area contributed by atoms with Gasteiger partial charge >= 0.3 is 0 Å². The van der Waals surface area contributed by atoms with Crippen molar-refractivity contribution in [2.24, 2.45) is 0 Å². The van der Waals surface area contributed by atoms with Crippen molar-refractivity contribution in [3.05, 3.63) is 60.1 Å². The second-order valence-corrected chi connectivity index (χ2v) is 5.90. The highest BCUT2D eigenvalue weighted by atomic mass is 16.5. The van der Waals surface area contributed by atoms with Gasteiger partial charge in [0.2, 0.25) is 0 Å². The molecule has 1 amide bonds. The van der Waals surface area contributed by atoms with Crippen LogP contribution in [-0.4, -0.2) is 37.0 Å². The van der Waals surface area contributed by atoms with Crippen LogP contribution >= 0.6 is 0 Å². The molecule has 4 heterocycles. The third-order valence-corrected chi connectivity index (χ3v) is 4.25. The van der Waals surface area contributed by atoms with Gasteiger partial charge in [-0.25, -0.2) is 9.97 Å². The summed E-state index contributed by atoms with van der Waals surface area (Å²) >= 11 is 0. The summed E-state index contributed by atoms with van der Waals surface area (Å²) in [5.74, 6) is 1.40. The van der Waals surface area contributed by atoms with E-state index in [0.717, 1.165) is 24.3 Å². The van der Waals surface area contributed by atoms with E-state index in [9.17, 15) is 4.79 Å². The highest BCUT2D eigenvalue weighted by Crippen LogP contribution is 2.33. The molecule has 1 saturated heterocycles. The van der Waals surface area contributed by atoms with E-state index in [4.69, 9.17) is 4.52 Å². The lowest BCUT2D eigenvalue weighted by atomic mass is 10.1. The largest absolute Gasteiger partial charge is 0.359 e. The van der Waals surface area contributed by atoms with E-state index < -0.39 is 0 Å². The molecule has 0 saturated carbocycles. The Morgan fingerprint density at radius 2 is 2.25 bits per heavy atom. The minimum absolute atomic E-state index is 0.0182. The number of likely N-dealkylation sites (tertiary alicyclic amines) is 1. The topological polar surface area (TPSA) is 77.0 Å². The molecule has 1 aliphatic rings. The number of nitrogens with zero attached hydrogens (tertiary/aromatic N) is 5. The summed E-state index contributed by atoms with van der Waals surface area (Å²) in [5, 5.41) is 3.94. The molecular formula is C17H17N5O2. The maximum absolute atomic E-state index is 13.0. The van der Waals surface area contributed by atoms with Crippen LogP contribution in [0.25, 0.3) is 5.82 Å². The van der Waals surface area contributed by atoms with Crippen molar-refractivity contribution >= 4 is 5.91 Å². The van der Waals surface area contributed by atoms with Gasteiger partial charge < -0.3 is 9.42 Å². The van der Waals surface area contributed by atoms with Crippen molar-refractivity contribution in [2.45, 2.75) is 25.8 Å². The second kappa shape index (κ2) is 5.92. The maximum atomic E-state index is 13.0. The van der Waals surface area contributed by atoms with Crippen LogP contribution < -0.4 is 0 Å². The van der Waals surface area contributed by atoms with E-state index in [-0.39, 0.29) is 11.9 Å². The van der Waals surface area contributed by atoms with Crippen LogP contribution in [-0.2, 0) is 0 Å². The van der Waals surface area contributed by atoms with Crippen LogP contribution in [0.5, 0.6) is 0 Å². The van der Waals surface area contributed by atoms with Crippen molar-refractivity contribution < 1.29 is 9.32 Å². The van der Waals surface area contributed by atoms with E-state index >= 15 is 0 Å². The Hall–Kier alpha value is -2.96. The second-order valence-electron chi connectivity index (χ2n) is 5.90. The summed E-state index contributed by atoms with van der Waals surface area (Å²) in [7, 11) is 0. The van der Waals surface area contributed by atoms with Crippen LogP contribution in [0.3, 0.4) is 0 Å². The number of amides is 1. The van der Waals surface area contributed by atoms with Gasteiger partial charge in [-0.2, -0.15) is 0 Å². The number of hydrogen-bond donors (Lipinski definition) is 0. The molecule has 0 aromatic carbocycles. The van der Waals surface area contributed by atoms with Crippen LogP contribution in [0.15, 0.2) is 47.6 Å². The minimum Gasteiger partial charge on any atom is -0.359 e. The van der Waals surface area contributed by atoms with Crippen LogP contribution in [0.2, 0.25) is 0 Å². The highest BCUT2D eigenvalue weighted by molar-refractivity contribution is 5.95. The van der Waals surface area contributed by atoms with E-state index in [1.54, 1.807) is 41.6 Å². The predicted octanol–water partition coefficient (Wildman–Crippen LogP) is 2.54. The SMILES string of the molecule is Cc1cc([C@H]2CCCN2C(=O)c2ccnc(-n3ccnc3)c2)on1. The van der Waals surface area contributed by atoms with Crippen molar-refractivity contribution in [3.8, 4) is 5.82 Å². The Labute approximate surface area is 138 Å². The lowest BCUT2D eigenvalue weighted by molar-refractivity contribution is 0.0714. The quantitative estimate of drug-likeness (QED) is 0.740. The molecule has 1 aliphatic heterocycles. The zero-order chi connectivity index (χ0) is 16.5. The van der Waals surface area contributed by atoms with Gasteiger partial charge in [-0.05, 0) is 31.9 Å². The number of aryl methyl sites for hydroxylation is 1. The Kier molecular flexibility index (Phi) is 3.60. The van der Waals surface area contributed by atoms with Gasteiger partial charge in [0.05, 0.1) is 11.7 Å². The maximum Gasteiger partial charge on any atom is 0.254 e. The number of hydrogen-bond acceptors (Lipinski definition) is 5. The fraction of sp³-hybridized carbons (Fsp3) is 0.294. The molecule has 4 rings (SSSR count). The Balaban J connectivity index is 1.62. The monoisotopic (exact) mass is 323 g/mol. The standard InChI is InChI=1S/C17H17N5O2/c1-12-9-15(24-20-12)14-3-2-7-22(14)17(23)13-4-5-19-16(10-13)21-8-6-18-11-21/h4-6,8-11,14H,2-3,7H2,1H3/t14-/m1/s1. The summed E-state index contributed by atoms with van der Waals surface area (Å²) < 4.78 is 7.15. The lowest BCUT2D eigenvalue weighted by Crippen LogP contribution is -2.30. The van der Waals surface area contributed by atoms with Gasteiger partial charge in [0.25, 0.3) is 5.91 Å². The molecule has 122 valence electrons. The molecular weight excluding hydrogens is 306 g/mol. The summed E-state index contributed by atoms with van der Waals surface area (Å²) in [6.45, 7) is 2.60. The van der Waals surface area contributed by atoms with Gasteiger partial charge in [-0.15, -0.1) is 0 Å². The van der Waals surface area contributed by atoms with Crippen LogP contribution in [0.4, 0.5) is 0 Å². The zero-order valence-electron chi connectivity index (χ0n) is 13.3. The first kappa shape index (κ1) is 14.6. The predicted molar refractivity (Wildman–Crippen MR) is 85.6 cm³/mol. The molecule has 1 atom stereocenters. The Morgan fingerprint density at radius 3 is 3.00 bits per heavy atom. The number of aromatic nitrogens is 4. The number of rotatable bonds is 3. The molecule has 0 N–H and O–H groups in total. The van der Waals surface area contributed by atoms with Gasteiger partial charge in [0.15, 0.2) is 5.76 Å². The molecule has 0 spiro atoms. The third kappa shape index (κ3) is 2.58. The van der Waals surface area contributed by atoms with Crippen LogP contribution in [0, 0.1) is 6.92 Å². The summed E-state index contributed by atoms with van der Waals surface area (Å²) in [4.78, 5) is 23.1. The molecule has 24 heavy (non-hydrogen) atoms. The van der Waals surface area contributed by atoms with Crippen molar-refractivity contribution in [3.63, 3.8) is 0 Å². The van der Waals surface area contributed by atoms with E-state index in [2.05, 4.69) is 15.1 Å².